The molecule has 0 saturated carbocycles. The van der Waals surface area contributed by atoms with Crippen molar-refractivity contribution in [1.29, 1.82) is 0 Å². The minimum atomic E-state index is -1.04. The van der Waals surface area contributed by atoms with E-state index in [1.807, 2.05) is 11.9 Å². The van der Waals surface area contributed by atoms with Crippen LogP contribution in [0.4, 0.5) is 5.82 Å². The number of carboxylic acid groups (broad SMARTS) is 1. The molecule has 1 aromatic heterocycles. The van der Waals surface area contributed by atoms with Crippen LogP contribution in [0.1, 0.15) is 37.6 Å². The molecule has 0 unspecified atom stereocenters. The van der Waals surface area contributed by atoms with Crippen LogP contribution in [-0.2, 0) is 0 Å². The Bertz CT molecular complexity index is 433. The van der Waals surface area contributed by atoms with Crippen molar-refractivity contribution in [3.63, 3.8) is 0 Å². The van der Waals surface area contributed by atoms with Gasteiger partial charge in [0.2, 0.25) is 0 Å². The van der Waals surface area contributed by atoms with E-state index < -0.39 is 5.97 Å². The predicted octanol–water partition coefficient (Wildman–Crippen LogP) is 3.06. The Balaban J connectivity index is 3.16. The van der Waals surface area contributed by atoms with Crippen LogP contribution in [0.3, 0.4) is 0 Å². The summed E-state index contributed by atoms with van der Waals surface area (Å²) < 4.78 is 0. The maximum atomic E-state index is 11.0. The molecule has 0 atom stereocenters. The van der Waals surface area contributed by atoms with E-state index in [2.05, 4.69) is 25.8 Å². The van der Waals surface area contributed by atoms with E-state index in [0.717, 1.165) is 6.42 Å². The number of aromatic nitrogens is 1. The first-order valence-corrected chi connectivity index (χ1v) is 5.80. The molecule has 1 heterocycles. The molecule has 0 aliphatic carbocycles. The van der Waals surface area contributed by atoms with Gasteiger partial charge in [0, 0.05) is 18.8 Å². The van der Waals surface area contributed by atoms with E-state index in [4.69, 9.17) is 16.7 Å². The molecule has 1 aromatic rings. The summed E-state index contributed by atoms with van der Waals surface area (Å²) in [6, 6.07) is 1.50. The third-order valence-corrected chi connectivity index (χ3v) is 3.49. The van der Waals surface area contributed by atoms with Crippen LogP contribution in [0, 0.1) is 0 Å². The van der Waals surface area contributed by atoms with Gasteiger partial charge >= 0.3 is 5.97 Å². The molecule has 0 radical (unpaired) electrons. The highest BCUT2D eigenvalue weighted by molar-refractivity contribution is 6.33. The van der Waals surface area contributed by atoms with Crippen molar-refractivity contribution in [2.45, 2.75) is 32.7 Å². The first-order valence-electron chi connectivity index (χ1n) is 5.42. The Hall–Kier alpha value is -1.29. The number of pyridine rings is 1. The highest BCUT2D eigenvalue weighted by atomic mass is 35.5. The van der Waals surface area contributed by atoms with Crippen molar-refractivity contribution >= 4 is 23.4 Å². The van der Waals surface area contributed by atoms with Crippen LogP contribution >= 0.6 is 11.6 Å². The van der Waals surface area contributed by atoms with E-state index in [1.54, 1.807) is 0 Å². The Morgan fingerprint density at radius 1 is 1.59 bits per heavy atom. The zero-order valence-electron chi connectivity index (χ0n) is 10.5. The number of carboxylic acids is 1. The summed E-state index contributed by atoms with van der Waals surface area (Å²) in [5, 5.41) is 9.16. The van der Waals surface area contributed by atoms with E-state index in [1.165, 1.54) is 12.3 Å². The number of anilines is 1. The fourth-order valence-electron chi connectivity index (χ4n) is 1.32. The molecule has 0 spiro atoms. The van der Waals surface area contributed by atoms with E-state index in [9.17, 15) is 4.79 Å². The van der Waals surface area contributed by atoms with Crippen LogP contribution in [0.15, 0.2) is 12.3 Å². The number of nitrogens with zero attached hydrogens (tertiary/aromatic N) is 2. The minimum Gasteiger partial charge on any atom is -0.478 e. The first-order chi connectivity index (χ1) is 7.79. The highest BCUT2D eigenvalue weighted by Crippen LogP contribution is 2.26. The number of halogens is 1. The van der Waals surface area contributed by atoms with Crippen LogP contribution < -0.4 is 4.90 Å². The van der Waals surface area contributed by atoms with Gasteiger partial charge in [0.15, 0.2) is 0 Å². The van der Waals surface area contributed by atoms with Gasteiger partial charge in [0.1, 0.15) is 5.82 Å². The fraction of sp³-hybridized carbons (Fsp3) is 0.500. The smallest absolute Gasteiger partial charge is 0.337 e. The number of hydrogen-bond acceptors (Lipinski definition) is 3. The summed E-state index contributed by atoms with van der Waals surface area (Å²) in [7, 11) is 1.89. The normalized spacial score (nSPS) is 11.4. The molecule has 0 fully saturated rings. The number of rotatable bonds is 4. The molecule has 4 nitrogen and oxygen atoms in total. The SMILES string of the molecule is CCC(C)(C)N(C)c1cc(C(=O)O)c(Cl)cn1. The van der Waals surface area contributed by atoms with Crippen LogP contribution in [0.25, 0.3) is 0 Å². The standard InChI is InChI=1S/C12H17ClN2O2/c1-5-12(2,3)15(4)10-6-8(11(16)17)9(13)7-14-10/h6-7H,5H2,1-4H3,(H,16,17). The summed E-state index contributed by atoms with van der Waals surface area (Å²) in [5.74, 6) is -0.431. The average Bonchev–Trinajstić information content (AvgIpc) is 2.28. The second-order valence-electron chi connectivity index (χ2n) is 4.55. The lowest BCUT2D eigenvalue weighted by Crippen LogP contribution is -2.41. The Kier molecular flexibility index (Phi) is 3.98. The monoisotopic (exact) mass is 256 g/mol. The molecular weight excluding hydrogens is 240 g/mol. The van der Waals surface area contributed by atoms with Gasteiger partial charge in [-0.3, -0.25) is 0 Å². The Morgan fingerprint density at radius 3 is 2.65 bits per heavy atom. The van der Waals surface area contributed by atoms with Gasteiger partial charge < -0.3 is 10.0 Å². The molecule has 1 rings (SSSR count). The van der Waals surface area contributed by atoms with E-state index >= 15 is 0 Å². The van der Waals surface area contributed by atoms with Crippen molar-refractivity contribution in [1.82, 2.24) is 4.98 Å². The largest absolute Gasteiger partial charge is 0.478 e. The summed E-state index contributed by atoms with van der Waals surface area (Å²) in [4.78, 5) is 17.1. The predicted molar refractivity (Wildman–Crippen MR) is 69.0 cm³/mol. The lowest BCUT2D eigenvalue weighted by atomic mass is 10.00. The second kappa shape index (κ2) is 4.92. The maximum Gasteiger partial charge on any atom is 0.337 e. The third-order valence-electron chi connectivity index (χ3n) is 3.19. The zero-order valence-corrected chi connectivity index (χ0v) is 11.2. The molecule has 0 aromatic carbocycles. The molecule has 0 aliphatic rings. The van der Waals surface area contributed by atoms with Crippen molar-refractivity contribution in [2.75, 3.05) is 11.9 Å². The van der Waals surface area contributed by atoms with E-state index in [0.29, 0.717) is 5.82 Å². The molecule has 0 saturated heterocycles. The van der Waals surface area contributed by atoms with Crippen molar-refractivity contribution in [2.24, 2.45) is 0 Å². The second-order valence-corrected chi connectivity index (χ2v) is 4.96. The molecule has 0 bridgehead atoms. The van der Waals surface area contributed by atoms with Crippen LogP contribution in [0.2, 0.25) is 5.02 Å². The highest BCUT2D eigenvalue weighted by Gasteiger charge is 2.23. The van der Waals surface area contributed by atoms with Gasteiger partial charge in [0.25, 0.3) is 0 Å². The molecule has 0 aliphatic heterocycles. The minimum absolute atomic E-state index is 0.0791. The third kappa shape index (κ3) is 2.88. The van der Waals surface area contributed by atoms with Crippen molar-refractivity contribution in [3.05, 3.63) is 22.8 Å². The van der Waals surface area contributed by atoms with E-state index in [-0.39, 0.29) is 16.1 Å². The lowest BCUT2D eigenvalue weighted by Gasteiger charge is -2.35. The van der Waals surface area contributed by atoms with Gasteiger partial charge in [-0.15, -0.1) is 0 Å². The molecular formula is C12H17ClN2O2. The summed E-state index contributed by atoms with van der Waals surface area (Å²) in [6.07, 6.45) is 2.30. The Morgan fingerprint density at radius 2 is 2.18 bits per heavy atom. The first kappa shape index (κ1) is 13.8. The van der Waals surface area contributed by atoms with Crippen molar-refractivity contribution in [3.8, 4) is 0 Å². The molecule has 0 amide bonds. The maximum absolute atomic E-state index is 11.0. The molecule has 17 heavy (non-hydrogen) atoms. The number of carbonyl (C=O) groups is 1. The van der Waals surface area contributed by atoms with Crippen LogP contribution in [0.5, 0.6) is 0 Å². The molecule has 5 heteroatoms. The summed E-state index contributed by atoms with van der Waals surface area (Å²) in [6.45, 7) is 6.22. The molecule has 94 valence electrons. The quantitative estimate of drug-likeness (QED) is 0.900. The van der Waals surface area contributed by atoms with Gasteiger partial charge in [0.05, 0.1) is 10.6 Å². The summed E-state index contributed by atoms with van der Waals surface area (Å²) >= 11 is 5.78. The Labute approximate surface area is 106 Å². The number of hydrogen-bond donors (Lipinski definition) is 1. The van der Waals surface area contributed by atoms with Crippen molar-refractivity contribution < 1.29 is 9.90 Å². The average molecular weight is 257 g/mol. The van der Waals surface area contributed by atoms with Crippen LogP contribution in [-0.4, -0.2) is 28.6 Å². The summed E-state index contributed by atoms with van der Waals surface area (Å²) in [5.41, 5.74) is -0.00761. The van der Waals surface area contributed by atoms with Gasteiger partial charge in [-0.2, -0.15) is 0 Å². The molecule has 1 N–H and O–H groups in total. The lowest BCUT2D eigenvalue weighted by molar-refractivity contribution is 0.0697. The zero-order chi connectivity index (χ0) is 13.2. The number of aromatic carboxylic acids is 1. The fourth-order valence-corrected chi connectivity index (χ4v) is 1.51. The van der Waals surface area contributed by atoms with Gasteiger partial charge in [-0.05, 0) is 26.3 Å². The van der Waals surface area contributed by atoms with Gasteiger partial charge in [-0.1, -0.05) is 18.5 Å². The van der Waals surface area contributed by atoms with Gasteiger partial charge in [-0.25, -0.2) is 9.78 Å². The topological polar surface area (TPSA) is 53.4 Å².